The van der Waals surface area contributed by atoms with Crippen molar-refractivity contribution in [1.29, 1.82) is 0 Å². The van der Waals surface area contributed by atoms with Gasteiger partial charge < -0.3 is 10.6 Å². The largest absolute Gasteiger partial charge is 0.326 e. The molecule has 2 aromatic carbocycles. The Bertz CT molecular complexity index is 1130. The van der Waals surface area contributed by atoms with Crippen LogP contribution in [0.1, 0.15) is 30.0 Å². The van der Waals surface area contributed by atoms with Crippen molar-refractivity contribution in [2.75, 3.05) is 44.7 Å². The number of urea groups is 1. The van der Waals surface area contributed by atoms with Gasteiger partial charge in [-0.2, -0.15) is 0 Å². The number of piperazine rings is 1. The first-order chi connectivity index (χ1) is 17.0. The first kappa shape index (κ1) is 23.5. The summed E-state index contributed by atoms with van der Waals surface area (Å²) in [5, 5.41) is 6.04. The van der Waals surface area contributed by atoms with Crippen LogP contribution >= 0.6 is 0 Å². The van der Waals surface area contributed by atoms with Crippen molar-refractivity contribution < 1.29 is 14.4 Å². The quantitative estimate of drug-likeness (QED) is 0.626. The number of nitrogens with zero attached hydrogens (tertiary/aromatic N) is 3. The van der Waals surface area contributed by atoms with Gasteiger partial charge in [-0.1, -0.05) is 49.4 Å². The zero-order chi connectivity index (χ0) is 24.4. The molecule has 3 aliphatic rings. The van der Waals surface area contributed by atoms with E-state index in [2.05, 4.69) is 39.5 Å². The van der Waals surface area contributed by atoms with Crippen molar-refractivity contribution in [2.24, 2.45) is 0 Å². The Morgan fingerprint density at radius 1 is 0.971 bits per heavy atom. The van der Waals surface area contributed by atoms with Gasteiger partial charge in [-0.15, -0.1) is 0 Å². The van der Waals surface area contributed by atoms with Gasteiger partial charge in [-0.3, -0.25) is 19.4 Å². The molecule has 2 aromatic rings. The van der Waals surface area contributed by atoms with Crippen LogP contribution in [-0.2, 0) is 28.9 Å². The molecule has 2 fully saturated rings. The number of hydrogen-bond acceptors (Lipinski definition) is 5. The number of aryl methyl sites for hydroxylation is 2. The molecule has 0 radical (unpaired) electrons. The molecule has 1 atom stereocenters. The predicted octanol–water partition coefficient (Wildman–Crippen LogP) is 2.24. The zero-order valence-electron chi connectivity index (χ0n) is 20.3. The van der Waals surface area contributed by atoms with E-state index in [9.17, 15) is 14.4 Å². The third-order valence-corrected chi connectivity index (χ3v) is 7.52. The first-order valence-electron chi connectivity index (χ1n) is 12.5. The lowest BCUT2D eigenvalue weighted by atomic mass is 9.78. The van der Waals surface area contributed by atoms with Crippen molar-refractivity contribution in [1.82, 2.24) is 20.0 Å². The van der Waals surface area contributed by atoms with Gasteiger partial charge in [0, 0.05) is 38.3 Å². The topological polar surface area (TPSA) is 85.0 Å². The van der Waals surface area contributed by atoms with Crippen LogP contribution in [0.25, 0.3) is 0 Å². The molecule has 2 N–H and O–H groups in total. The molecule has 4 amide bonds. The number of nitrogens with one attached hydrogen (secondary N) is 2. The van der Waals surface area contributed by atoms with Crippen LogP contribution in [0.5, 0.6) is 0 Å². The third-order valence-electron chi connectivity index (χ3n) is 7.52. The van der Waals surface area contributed by atoms with E-state index in [1.54, 1.807) is 0 Å². The summed E-state index contributed by atoms with van der Waals surface area (Å²) in [6.45, 7) is 5.52. The minimum atomic E-state index is -0.819. The normalized spacial score (nSPS) is 22.8. The minimum absolute atomic E-state index is 0.0204. The van der Waals surface area contributed by atoms with E-state index in [0.29, 0.717) is 45.6 Å². The van der Waals surface area contributed by atoms with Gasteiger partial charge in [-0.05, 0) is 42.0 Å². The van der Waals surface area contributed by atoms with E-state index in [4.69, 9.17) is 0 Å². The molecular formula is C27H33N5O3. The van der Waals surface area contributed by atoms with Crippen LogP contribution in [0.15, 0.2) is 48.5 Å². The summed E-state index contributed by atoms with van der Waals surface area (Å²) < 4.78 is 0. The summed E-state index contributed by atoms with van der Waals surface area (Å²) in [4.78, 5) is 44.3. The van der Waals surface area contributed by atoms with Gasteiger partial charge in [0.05, 0.1) is 13.2 Å². The highest BCUT2D eigenvalue weighted by molar-refractivity contribution is 6.07. The Hall–Kier alpha value is -3.23. The number of amides is 4. The number of rotatable bonds is 6. The molecule has 184 valence electrons. The molecule has 0 aromatic heterocycles. The second-order valence-corrected chi connectivity index (χ2v) is 9.79. The lowest BCUT2D eigenvalue weighted by molar-refractivity contribution is -0.133. The molecule has 1 spiro atoms. The van der Waals surface area contributed by atoms with E-state index in [1.165, 1.54) is 10.5 Å². The van der Waals surface area contributed by atoms with Crippen LogP contribution < -0.4 is 10.6 Å². The molecule has 0 bridgehead atoms. The predicted molar refractivity (Wildman–Crippen MR) is 134 cm³/mol. The zero-order valence-corrected chi connectivity index (χ0v) is 20.3. The number of carbonyl (C=O) groups excluding carboxylic acids is 3. The van der Waals surface area contributed by atoms with Crippen LogP contribution in [0.3, 0.4) is 0 Å². The highest BCUT2D eigenvalue weighted by Gasteiger charge is 2.52. The highest BCUT2D eigenvalue weighted by atomic mass is 16.2. The summed E-state index contributed by atoms with van der Waals surface area (Å²) in [6.07, 6.45) is 2.84. The van der Waals surface area contributed by atoms with Crippen LogP contribution in [0, 0.1) is 0 Å². The summed E-state index contributed by atoms with van der Waals surface area (Å²) in [7, 11) is 0. The summed E-state index contributed by atoms with van der Waals surface area (Å²) in [6, 6.07) is 15.7. The fourth-order valence-electron chi connectivity index (χ4n) is 5.46. The first-order valence-corrected chi connectivity index (χ1v) is 12.5. The van der Waals surface area contributed by atoms with Crippen molar-refractivity contribution in [3.05, 3.63) is 65.2 Å². The number of carbonyl (C=O) groups is 3. The van der Waals surface area contributed by atoms with Crippen molar-refractivity contribution in [2.45, 2.75) is 38.1 Å². The van der Waals surface area contributed by atoms with E-state index in [0.717, 1.165) is 29.7 Å². The average Bonchev–Trinajstić information content (AvgIpc) is 3.09. The molecule has 2 heterocycles. The molecule has 0 saturated carbocycles. The van der Waals surface area contributed by atoms with Crippen LogP contribution in [0.4, 0.5) is 10.5 Å². The molecule has 1 unspecified atom stereocenters. The molecule has 1 aliphatic carbocycles. The maximum atomic E-state index is 13.4. The minimum Gasteiger partial charge on any atom is -0.325 e. The monoisotopic (exact) mass is 475 g/mol. The Morgan fingerprint density at radius 2 is 1.66 bits per heavy atom. The van der Waals surface area contributed by atoms with E-state index in [1.807, 2.05) is 36.4 Å². The number of anilines is 1. The molecule has 2 aliphatic heterocycles. The van der Waals surface area contributed by atoms with Crippen LogP contribution in [0.2, 0.25) is 0 Å². The number of benzene rings is 2. The Morgan fingerprint density at radius 3 is 2.43 bits per heavy atom. The number of para-hydroxylation sites is 1. The summed E-state index contributed by atoms with van der Waals surface area (Å²) in [5.74, 6) is -0.138. The van der Waals surface area contributed by atoms with Crippen LogP contribution in [-0.4, -0.2) is 77.5 Å². The fraction of sp³-hybridized carbons (Fsp3) is 0.444. The van der Waals surface area contributed by atoms with E-state index >= 15 is 0 Å². The van der Waals surface area contributed by atoms with Gasteiger partial charge in [0.2, 0.25) is 5.91 Å². The van der Waals surface area contributed by atoms with Gasteiger partial charge in [0.25, 0.3) is 5.91 Å². The second kappa shape index (κ2) is 9.79. The smallest absolute Gasteiger partial charge is 0.325 e. The Labute approximate surface area is 206 Å². The maximum absolute atomic E-state index is 13.4. The molecule has 8 nitrogen and oxygen atoms in total. The SMILES string of the molecule is CCc1ccccc1NC(=O)CN1CCN(CN2C(=O)NC3(CCc4ccccc4C3)C2=O)CC1. The van der Waals surface area contributed by atoms with Gasteiger partial charge in [0.1, 0.15) is 5.54 Å². The molecule has 8 heteroatoms. The van der Waals surface area contributed by atoms with Gasteiger partial charge >= 0.3 is 6.03 Å². The Balaban J connectivity index is 1.13. The summed E-state index contributed by atoms with van der Waals surface area (Å²) in [5.41, 5.74) is 3.58. The molecule has 35 heavy (non-hydrogen) atoms. The van der Waals surface area contributed by atoms with Gasteiger partial charge in [-0.25, -0.2) is 9.69 Å². The lowest BCUT2D eigenvalue weighted by Crippen LogP contribution is -2.54. The second-order valence-electron chi connectivity index (χ2n) is 9.79. The van der Waals surface area contributed by atoms with Gasteiger partial charge in [0.15, 0.2) is 0 Å². The average molecular weight is 476 g/mol. The van der Waals surface area contributed by atoms with Crippen molar-refractivity contribution >= 4 is 23.5 Å². The number of hydrogen-bond donors (Lipinski definition) is 2. The molecule has 2 saturated heterocycles. The maximum Gasteiger partial charge on any atom is 0.326 e. The molecular weight excluding hydrogens is 442 g/mol. The standard InChI is InChI=1S/C27H33N5O3/c1-2-20-7-5-6-10-23(20)28-24(33)18-30-13-15-31(16-14-30)19-32-25(34)27(29-26(32)35)12-11-21-8-3-4-9-22(21)17-27/h3-10H,2,11-19H2,1H3,(H,28,33)(H,29,35). The van der Waals surface area contributed by atoms with E-state index in [-0.39, 0.29) is 24.5 Å². The highest BCUT2D eigenvalue weighted by Crippen LogP contribution is 2.33. The third kappa shape index (κ3) is 4.81. The summed E-state index contributed by atoms with van der Waals surface area (Å²) >= 11 is 0. The van der Waals surface area contributed by atoms with E-state index < -0.39 is 5.54 Å². The fourth-order valence-corrected chi connectivity index (χ4v) is 5.46. The number of fused-ring (bicyclic) bond motifs is 1. The Kier molecular flexibility index (Phi) is 6.58. The lowest BCUT2D eigenvalue weighted by Gasteiger charge is -2.36. The van der Waals surface area contributed by atoms with Crippen molar-refractivity contribution in [3.63, 3.8) is 0 Å². The molecule has 5 rings (SSSR count). The number of imide groups is 1. The van der Waals surface area contributed by atoms with Crippen molar-refractivity contribution in [3.8, 4) is 0 Å².